The fourth-order valence-electron chi connectivity index (χ4n) is 8.94. The van der Waals surface area contributed by atoms with E-state index in [0.717, 1.165) is 89.1 Å². The van der Waals surface area contributed by atoms with Crippen LogP contribution in [0.1, 0.15) is 0 Å². The Morgan fingerprint density at radius 2 is 1.07 bits per heavy atom. The summed E-state index contributed by atoms with van der Waals surface area (Å²) in [6, 6.07) is 74.5. The Kier molecular flexibility index (Phi) is 7.78. The van der Waals surface area contributed by atoms with Gasteiger partial charge >= 0.3 is 0 Å². The normalized spacial score (nSPS) is 11.7. The zero-order valence-electron chi connectivity index (χ0n) is 32.4. The summed E-state index contributed by atoms with van der Waals surface area (Å²) < 4.78 is 15.5. The molecule has 0 atom stereocenters. The number of aromatic nitrogens is 2. The maximum atomic E-state index is 6.69. The second-order valence-corrected chi connectivity index (χ2v) is 15.1. The van der Waals surface area contributed by atoms with Crippen molar-refractivity contribution in [2.75, 3.05) is 4.90 Å². The van der Waals surface area contributed by atoms with Crippen molar-refractivity contribution < 1.29 is 8.83 Å². The van der Waals surface area contributed by atoms with Gasteiger partial charge in [0.2, 0.25) is 5.89 Å². The topological polar surface area (TPSA) is 47.3 Å². The van der Waals surface area contributed by atoms with Crippen LogP contribution in [0.15, 0.2) is 221 Å². The van der Waals surface area contributed by atoms with E-state index in [2.05, 4.69) is 173 Å². The summed E-state index contributed by atoms with van der Waals surface area (Å²) >= 11 is 0. The molecule has 5 heteroatoms. The molecule has 0 amide bonds. The molecule has 9 aromatic carbocycles. The van der Waals surface area contributed by atoms with Crippen molar-refractivity contribution in [1.82, 2.24) is 9.55 Å². The number of hydrogen-bond donors (Lipinski definition) is 0. The number of furan rings is 1. The summed E-state index contributed by atoms with van der Waals surface area (Å²) in [5.41, 5.74) is 14.9. The zero-order chi connectivity index (χ0) is 39.6. The Balaban J connectivity index is 1.07. The standard InChI is InChI=1S/C55H35N3O2/c1-4-16-36(17-5-1)42-22-10-13-25-47(42)57(41-32-33-49-45(34-41)43-23-11-14-26-48(43)58(49)39-20-8-3-9-21-39)40-30-28-37(29-31-40)52-53-44-24-12-15-27-50(44)59-51(53)35-46-54(52)60-55(56-46)38-18-6-2-7-19-38/h1-35H. The second-order valence-electron chi connectivity index (χ2n) is 15.1. The number of oxazole rings is 1. The summed E-state index contributed by atoms with van der Waals surface area (Å²) in [6.07, 6.45) is 0. The lowest BCUT2D eigenvalue weighted by molar-refractivity contribution is 0.621. The van der Waals surface area contributed by atoms with Crippen molar-refractivity contribution in [2.45, 2.75) is 0 Å². The molecule has 282 valence electrons. The van der Waals surface area contributed by atoms with E-state index in [0.29, 0.717) is 5.89 Å². The van der Waals surface area contributed by atoms with Crippen LogP contribution in [0.2, 0.25) is 0 Å². The lowest BCUT2D eigenvalue weighted by Gasteiger charge is -2.28. The molecule has 0 aliphatic rings. The van der Waals surface area contributed by atoms with Gasteiger partial charge in [0.1, 0.15) is 16.7 Å². The van der Waals surface area contributed by atoms with E-state index in [1.54, 1.807) is 0 Å². The summed E-state index contributed by atoms with van der Waals surface area (Å²) in [7, 11) is 0. The van der Waals surface area contributed by atoms with Crippen molar-refractivity contribution >= 4 is 71.9 Å². The van der Waals surface area contributed by atoms with Gasteiger partial charge in [0.15, 0.2) is 5.58 Å². The predicted octanol–water partition coefficient (Wildman–Crippen LogP) is 15.3. The Bertz CT molecular complexity index is 3530. The van der Waals surface area contributed by atoms with E-state index in [-0.39, 0.29) is 0 Å². The van der Waals surface area contributed by atoms with E-state index in [9.17, 15) is 0 Å². The van der Waals surface area contributed by atoms with Gasteiger partial charge in [-0.1, -0.05) is 133 Å². The predicted molar refractivity (Wildman–Crippen MR) is 247 cm³/mol. The van der Waals surface area contributed by atoms with Crippen LogP contribution in [0.4, 0.5) is 17.1 Å². The summed E-state index contributed by atoms with van der Waals surface area (Å²) in [5.74, 6) is 0.577. The third-order valence-corrected chi connectivity index (χ3v) is 11.6. The minimum atomic E-state index is 0.577. The molecule has 3 aromatic heterocycles. The zero-order valence-corrected chi connectivity index (χ0v) is 32.4. The van der Waals surface area contributed by atoms with Crippen molar-refractivity contribution in [1.29, 1.82) is 0 Å². The molecule has 0 spiro atoms. The number of rotatable bonds is 7. The number of fused-ring (bicyclic) bond motifs is 7. The molecular weight excluding hydrogens is 735 g/mol. The van der Waals surface area contributed by atoms with Gasteiger partial charge in [-0.25, -0.2) is 4.98 Å². The summed E-state index contributed by atoms with van der Waals surface area (Å²) in [6.45, 7) is 0. The largest absolute Gasteiger partial charge is 0.456 e. The summed E-state index contributed by atoms with van der Waals surface area (Å²) in [5, 5.41) is 4.43. The molecule has 3 heterocycles. The molecule has 60 heavy (non-hydrogen) atoms. The van der Waals surface area contributed by atoms with Crippen LogP contribution in [0.5, 0.6) is 0 Å². The molecular formula is C55H35N3O2. The van der Waals surface area contributed by atoms with Gasteiger partial charge in [0.25, 0.3) is 0 Å². The monoisotopic (exact) mass is 769 g/mol. The first-order valence-corrected chi connectivity index (χ1v) is 20.2. The first-order valence-electron chi connectivity index (χ1n) is 20.2. The molecule has 0 aliphatic heterocycles. The molecule has 0 saturated carbocycles. The fourth-order valence-corrected chi connectivity index (χ4v) is 8.94. The van der Waals surface area contributed by atoms with Gasteiger partial charge in [-0.05, 0) is 83.9 Å². The minimum Gasteiger partial charge on any atom is -0.456 e. The van der Waals surface area contributed by atoms with Crippen LogP contribution in [0.3, 0.4) is 0 Å². The maximum absolute atomic E-state index is 6.69. The highest BCUT2D eigenvalue weighted by molar-refractivity contribution is 6.19. The first-order chi connectivity index (χ1) is 29.8. The molecule has 12 aromatic rings. The average molecular weight is 770 g/mol. The van der Waals surface area contributed by atoms with E-state index >= 15 is 0 Å². The third kappa shape index (κ3) is 5.44. The smallest absolute Gasteiger partial charge is 0.227 e. The highest BCUT2D eigenvalue weighted by atomic mass is 16.4. The molecule has 0 radical (unpaired) electrons. The Morgan fingerprint density at radius 1 is 0.433 bits per heavy atom. The Hall–Kier alpha value is -8.15. The van der Waals surface area contributed by atoms with E-state index in [1.165, 1.54) is 16.3 Å². The Labute approximate surface area is 345 Å². The van der Waals surface area contributed by atoms with Crippen LogP contribution < -0.4 is 4.90 Å². The van der Waals surface area contributed by atoms with Gasteiger partial charge in [-0.2, -0.15) is 0 Å². The average Bonchev–Trinajstić information content (AvgIpc) is 4.01. The van der Waals surface area contributed by atoms with Crippen LogP contribution in [0.25, 0.3) is 94.2 Å². The minimum absolute atomic E-state index is 0.577. The third-order valence-electron chi connectivity index (χ3n) is 11.6. The van der Waals surface area contributed by atoms with Gasteiger partial charge in [-0.3, -0.25) is 0 Å². The van der Waals surface area contributed by atoms with Crippen molar-refractivity contribution in [3.63, 3.8) is 0 Å². The summed E-state index contributed by atoms with van der Waals surface area (Å²) in [4.78, 5) is 7.36. The number of anilines is 3. The number of para-hydroxylation sites is 4. The van der Waals surface area contributed by atoms with Crippen LogP contribution >= 0.6 is 0 Å². The first kappa shape index (κ1) is 33.9. The lowest BCUT2D eigenvalue weighted by Crippen LogP contribution is -2.11. The van der Waals surface area contributed by atoms with E-state index < -0.39 is 0 Å². The molecule has 0 unspecified atom stereocenters. The van der Waals surface area contributed by atoms with E-state index in [1.807, 2.05) is 48.5 Å². The lowest BCUT2D eigenvalue weighted by atomic mass is 9.97. The number of nitrogens with zero attached hydrogens (tertiary/aromatic N) is 3. The molecule has 0 bridgehead atoms. The van der Waals surface area contributed by atoms with Gasteiger partial charge in [-0.15, -0.1) is 0 Å². The van der Waals surface area contributed by atoms with Gasteiger partial charge in [0.05, 0.1) is 16.7 Å². The van der Waals surface area contributed by atoms with E-state index in [4.69, 9.17) is 13.8 Å². The Morgan fingerprint density at radius 3 is 1.87 bits per heavy atom. The maximum Gasteiger partial charge on any atom is 0.227 e. The molecule has 0 aliphatic carbocycles. The number of benzene rings is 9. The fraction of sp³-hybridized carbons (Fsp3) is 0. The molecule has 0 fully saturated rings. The second kappa shape index (κ2) is 13.8. The van der Waals surface area contributed by atoms with Crippen LogP contribution in [-0.4, -0.2) is 9.55 Å². The van der Waals surface area contributed by atoms with Crippen LogP contribution in [-0.2, 0) is 0 Å². The molecule has 12 rings (SSSR count). The molecule has 0 saturated heterocycles. The van der Waals surface area contributed by atoms with Gasteiger partial charge < -0.3 is 18.3 Å². The van der Waals surface area contributed by atoms with Crippen molar-refractivity contribution in [3.8, 4) is 39.4 Å². The van der Waals surface area contributed by atoms with Crippen LogP contribution in [0, 0.1) is 0 Å². The van der Waals surface area contributed by atoms with Gasteiger partial charge in [0, 0.05) is 61.4 Å². The SMILES string of the molecule is c1ccc(-c2nc3cc4oc5ccccc5c4c(-c4ccc(N(c5ccc6c(c5)c5ccccc5n6-c5ccccc5)c5ccccc5-c5ccccc5)cc4)c3o2)cc1. The molecule has 0 N–H and O–H groups in total. The quantitative estimate of drug-likeness (QED) is 0.162. The number of hydrogen-bond acceptors (Lipinski definition) is 4. The highest BCUT2D eigenvalue weighted by Crippen LogP contribution is 2.46. The van der Waals surface area contributed by atoms with Crippen molar-refractivity contribution in [2.24, 2.45) is 0 Å². The highest BCUT2D eigenvalue weighted by Gasteiger charge is 2.23. The van der Waals surface area contributed by atoms with Crippen molar-refractivity contribution in [3.05, 3.63) is 212 Å². The molecule has 5 nitrogen and oxygen atoms in total.